The summed E-state index contributed by atoms with van der Waals surface area (Å²) in [6, 6.07) is 5.85. The van der Waals surface area contributed by atoms with E-state index >= 15 is 0 Å². The van der Waals surface area contributed by atoms with Gasteiger partial charge in [0, 0.05) is 12.1 Å². The minimum atomic E-state index is -0.439. The molecule has 5 aliphatic rings. The van der Waals surface area contributed by atoms with E-state index < -0.39 is 6.67 Å². The van der Waals surface area contributed by atoms with Gasteiger partial charge in [-0.25, -0.2) is 24.4 Å². The lowest BCUT2D eigenvalue weighted by Crippen LogP contribution is -2.39. The Morgan fingerprint density at radius 2 is 1.11 bits per heavy atom. The number of halogens is 6. The first-order valence-electron chi connectivity index (χ1n) is 10.8. The van der Waals surface area contributed by atoms with Gasteiger partial charge in [-0.1, -0.05) is 0 Å². The summed E-state index contributed by atoms with van der Waals surface area (Å²) in [5.74, 6) is 0. The summed E-state index contributed by atoms with van der Waals surface area (Å²) in [4.78, 5) is 18.9. The van der Waals surface area contributed by atoms with Crippen LogP contribution in [0.25, 0.3) is 5.57 Å². The van der Waals surface area contributed by atoms with Crippen LogP contribution in [-0.2, 0) is 6.54 Å². The predicted molar refractivity (Wildman–Crippen MR) is 166 cm³/mol. The Balaban J connectivity index is 0.00000144. The molecule has 38 heavy (non-hydrogen) atoms. The number of allylic oxidation sites excluding steroid dienone is 12. The third-order valence-electron chi connectivity index (χ3n) is 5.58. The molecule has 0 spiro atoms. The van der Waals surface area contributed by atoms with Gasteiger partial charge in [0.15, 0.2) is 12.7 Å². The second-order valence-corrected chi connectivity index (χ2v) is 7.91. The summed E-state index contributed by atoms with van der Waals surface area (Å²) in [5.41, 5.74) is 8.40. The van der Waals surface area contributed by atoms with Crippen LogP contribution in [0.15, 0.2) is 134 Å². The van der Waals surface area contributed by atoms with Crippen molar-refractivity contribution in [3.63, 3.8) is 0 Å². The molecule has 0 saturated heterocycles. The zero-order valence-electron chi connectivity index (χ0n) is 19.7. The van der Waals surface area contributed by atoms with Gasteiger partial charge >= 0.3 is 0 Å². The third kappa shape index (κ3) is 6.95. The van der Waals surface area contributed by atoms with Gasteiger partial charge in [0.1, 0.15) is 6.67 Å². The van der Waals surface area contributed by atoms with E-state index in [-0.39, 0.29) is 68.6 Å². The number of hydrogen-bond donors (Lipinski definition) is 0. The van der Waals surface area contributed by atoms with Crippen LogP contribution in [0.4, 0.5) is 4.39 Å². The van der Waals surface area contributed by atoms with Crippen LogP contribution < -0.4 is 4.57 Å². The van der Waals surface area contributed by atoms with Crippen molar-refractivity contribution >= 4 is 90.5 Å². The zero-order valence-corrected chi connectivity index (χ0v) is 23.8. The molecule has 6 heterocycles. The lowest BCUT2D eigenvalue weighted by molar-refractivity contribution is -0.698. The number of pyridine rings is 1. The molecule has 0 amide bonds. The highest BCUT2D eigenvalue weighted by Crippen LogP contribution is 2.27. The van der Waals surface area contributed by atoms with Crippen molar-refractivity contribution in [1.82, 2.24) is 0 Å². The van der Waals surface area contributed by atoms with Crippen molar-refractivity contribution < 1.29 is 8.96 Å². The number of rotatable bonds is 3. The minimum Gasteiger partial charge on any atom is -0.249 e. The third-order valence-corrected chi connectivity index (χ3v) is 5.58. The molecular formula is C27H24Cl5FN5+. The van der Waals surface area contributed by atoms with E-state index in [1.807, 2.05) is 95.8 Å². The predicted octanol–water partition coefficient (Wildman–Crippen LogP) is 6.47. The number of hydrogen-bond acceptors (Lipinski definition) is 4. The molecule has 0 fully saturated rings. The first kappa shape index (κ1) is 33.2. The molecule has 0 atom stereocenters. The van der Waals surface area contributed by atoms with E-state index in [1.54, 1.807) is 0 Å². The van der Waals surface area contributed by atoms with Crippen LogP contribution in [0.1, 0.15) is 5.69 Å². The molecule has 1 aromatic heterocycles. The molecule has 0 aliphatic carbocycles. The van der Waals surface area contributed by atoms with Crippen molar-refractivity contribution in [2.75, 3.05) is 6.67 Å². The fourth-order valence-electron chi connectivity index (χ4n) is 4.11. The Bertz CT molecular complexity index is 1470. The standard InChI is InChI=1S/C27H19FN5.5ClH/c28-10-12-33-11-2-1-3-27(33)25-16-24-15-22-7-6-20(30-22)13-18-4-5-19(29-18)14-21-8-9-23(31-21)17-26(25)32-24;;;;;/h1-9,11,13-17H,10,12H2;5*1H/q+1;;;;;. The lowest BCUT2D eigenvalue weighted by Gasteiger charge is -2.04. The average Bonchev–Trinajstić information content (AvgIpc) is 3.60. The average molecular weight is 615 g/mol. The molecule has 6 rings (SSSR count). The first-order chi connectivity index (χ1) is 16.2. The SMILES string of the molecule is Cl.Cl.Cl.Cl.Cl.FCC[n+]1ccccc1C1=CC2=CC3=NC(=CC4=NC(=CC5=NC(=CC1=N2)C=C5)C=C4)C=C3. The maximum atomic E-state index is 13.2. The molecule has 0 N–H and O–H groups in total. The minimum absolute atomic E-state index is 0. The van der Waals surface area contributed by atoms with Crippen molar-refractivity contribution in [2.24, 2.45) is 20.0 Å². The van der Waals surface area contributed by atoms with Crippen LogP contribution in [-0.4, -0.2) is 29.5 Å². The Labute approximate surface area is 251 Å². The Morgan fingerprint density at radius 1 is 0.579 bits per heavy atom. The second-order valence-electron chi connectivity index (χ2n) is 7.91. The van der Waals surface area contributed by atoms with E-state index in [1.165, 1.54) is 0 Å². The number of nitrogens with zero attached hydrogens (tertiary/aromatic N) is 5. The van der Waals surface area contributed by atoms with Gasteiger partial charge in [0.25, 0.3) is 0 Å². The van der Waals surface area contributed by atoms with Crippen molar-refractivity contribution in [2.45, 2.75) is 6.54 Å². The summed E-state index contributed by atoms with van der Waals surface area (Å²) in [6.07, 6.45) is 23.5. The highest BCUT2D eigenvalue weighted by Gasteiger charge is 2.24. The molecule has 198 valence electrons. The van der Waals surface area contributed by atoms with Gasteiger partial charge in [-0.2, -0.15) is 4.57 Å². The lowest BCUT2D eigenvalue weighted by atomic mass is 10.1. The Kier molecular flexibility index (Phi) is 12.5. The van der Waals surface area contributed by atoms with Crippen LogP contribution >= 0.6 is 62.0 Å². The second kappa shape index (κ2) is 14.3. The molecule has 8 bridgehead atoms. The molecule has 0 unspecified atom stereocenters. The van der Waals surface area contributed by atoms with Gasteiger partial charge in [-0.3, -0.25) is 0 Å². The van der Waals surface area contributed by atoms with Crippen LogP contribution in [0.5, 0.6) is 0 Å². The largest absolute Gasteiger partial charge is 0.249 e. The maximum absolute atomic E-state index is 13.2. The molecule has 11 heteroatoms. The quantitative estimate of drug-likeness (QED) is 0.351. The summed E-state index contributed by atoms with van der Waals surface area (Å²) in [5, 5.41) is 0. The number of aliphatic imine (C=N–C) groups is 4. The summed E-state index contributed by atoms with van der Waals surface area (Å²) >= 11 is 0. The molecule has 0 radical (unpaired) electrons. The molecular weight excluding hydrogens is 591 g/mol. The van der Waals surface area contributed by atoms with Gasteiger partial charge in [-0.05, 0) is 72.9 Å². The van der Waals surface area contributed by atoms with Gasteiger partial charge in [0.05, 0.1) is 51.2 Å². The van der Waals surface area contributed by atoms with E-state index in [9.17, 15) is 4.39 Å². The van der Waals surface area contributed by atoms with Crippen molar-refractivity contribution in [1.29, 1.82) is 0 Å². The normalized spacial score (nSPS) is 17.3. The summed E-state index contributed by atoms with van der Waals surface area (Å²) < 4.78 is 15.1. The number of aryl methyl sites for hydroxylation is 1. The number of fused-ring (bicyclic) bond motifs is 4. The monoisotopic (exact) mass is 612 g/mol. The van der Waals surface area contributed by atoms with Crippen molar-refractivity contribution in [3.05, 3.63) is 120 Å². The summed E-state index contributed by atoms with van der Waals surface area (Å²) in [6.45, 7) is -0.156. The smallest absolute Gasteiger partial charge is 0.214 e. The topological polar surface area (TPSA) is 53.3 Å². The first-order valence-corrected chi connectivity index (χ1v) is 10.8. The molecule has 1 aromatic rings. The fourth-order valence-corrected chi connectivity index (χ4v) is 4.11. The van der Waals surface area contributed by atoms with Gasteiger partial charge in [-0.15, -0.1) is 62.0 Å². The Hall–Kier alpha value is -2.87. The van der Waals surface area contributed by atoms with Gasteiger partial charge < -0.3 is 0 Å². The summed E-state index contributed by atoms with van der Waals surface area (Å²) in [7, 11) is 0. The molecule has 0 saturated carbocycles. The van der Waals surface area contributed by atoms with E-state index in [0.29, 0.717) is 0 Å². The van der Waals surface area contributed by atoms with E-state index in [4.69, 9.17) is 9.98 Å². The van der Waals surface area contributed by atoms with Crippen molar-refractivity contribution in [3.8, 4) is 0 Å². The number of alkyl halides is 1. The fraction of sp³-hybridized carbons (Fsp3) is 0.0741. The highest BCUT2D eigenvalue weighted by atomic mass is 35.5. The van der Waals surface area contributed by atoms with Gasteiger partial charge in [0.2, 0.25) is 5.69 Å². The Morgan fingerprint density at radius 3 is 1.66 bits per heavy atom. The molecule has 5 aliphatic heterocycles. The van der Waals surface area contributed by atoms with E-state index in [0.717, 1.165) is 56.9 Å². The highest BCUT2D eigenvalue weighted by molar-refractivity contribution is 6.32. The molecule has 5 nitrogen and oxygen atoms in total. The van der Waals surface area contributed by atoms with E-state index in [2.05, 4.69) is 9.98 Å². The van der Waals surface area contributed by atoms with Crippen LogP contribution in [0.2, 0.25) is 0 Å². The zero-order chi connectivity index (χ0) is 22.2. The number of aromatic nitrogens is 1. The van der Waals surface area contributed by atoms with Crippen LogP contribution in [0, 0.1) is 0 Å². The van der Waals surface area contributed by atoms with Crippen LogP contribution in [0.3, 0.4) is 0 Å². The maximum Gasteiger partial charge on any atom is 0.214 e. The molecule has 0 aromatic carbocycles.